The number of nitrogens with one attached hydrogen (secondary N) is 1. The number of rotatable bonds is 6. The molecule has 27 heavy (non-hydrogen) atoms. The zero-order valence-corrected chi connectivity index (χ0v) is 18.4. The average molecular weight is 457 g/mol. The van der Waals surface area contributed by atoms with Crippen LogP contribution in [-0.2, 0) is 24.7 Å². The lowest BCUT2D eigenvalue weighted by Crippen LogP contribution is -2.44. The van der Waals surface area contributed by atoms with E-state index < -0.39 is 38.4 Å². The van der Waals surface area contributed by atoms with Crippen LogP contribution in [0.15, 0.2) is 11.0 Å². The molecule has 0 aromatic heterocycles. The summed E-state index contributed by atoms with van der Waals surface area (Å²) in [7, 11) is -7.22. The van der Waals surface area contributed by atoms with Crippen LogP contribution >= 0.6 is 23.2 Å². The van der Waals surface area contributed by atoms with Gasteiger partial charge < -0.3 is 5.32 Å². The molecule has 0 aliphatic carbocycles. The number of hydrogen-bond acceptors (Lipinski definition) is 5. The zero-order chi connectivity index (χ0) is 20.6. The standard InChI is InChI=1S/C16H22Cl2N2O5S2/c1-4-20(8-14(21)19-12-5-6-26(22,23)9-12)27(24,25)16-11(3)13(17)7-10(2)15(16)18/h7,12H,4-6,8-9H2,1-3H3,(H,19,21). The fourth-order valence-electron chi connectivity index (χ4n) is 2.96. The second-order valence-corrected chi connectivity index (χ2v) is 11.4. The zero-order valence-electron chi connectivity index (χ0n) is 15.3. The summed E-state index contributed by atoms with van der Waals surface area (Å²) in [6, 6.07) is 1.09. The highest BCUT2D eigenvalue weighted by molar-refractivity contribution is 7.91. The van der Waals surface area contributed by atoms with Crippen LogP contribution in [0.25, 0.3) is 0 Å². The van der Waals surface area contributed by atoms with E-state index in [1.807, 2.05) is 0 Å². The fourth-order valence-corrected chi connectivity index (χ4v) is 7.20. The van der Waals surface area contributed by atoms with Crippen molar-refractivity contribution in [2.75, 3.05) is 24.6 Å². The highest BCUT2D eigenvalue weighted by Crippen LogP contribution is 2.35. The van der Waals surface area contributed by atoms with Crippen LogP contribution in [0.1, 0.15) is 24.5 Å². The lowest BCUT2D eigenvalue weighted by molar-refractivity contribution is -0.121. The summed E-state index contributed by atoms with van der Waals surface area (Å²) in [5, 5.41) is 2.93. The Morgan fingerprint density at radius 3 is 2.48 bits per heavy atom. The summed E-state index contributed by atoms with van der Waals surface area (Å²) in [6.07, 6.45) is 0.325. The SMILES string of the molecule is CCN(CC(=O)NC1CCS(=O)(=O)C1)S(=O)(=O)c1c(C)c(Cl)cc(C)c1Cl. The molecule has 0 spiro atoms. The van der Waals surface area contributed by atoms with Crippen molar-refractivity contribution in [1.82, 2.24) is 9.62 Å². The van der Waals surface area contributed by atoms with Crippen molar-refractivity contribution in [1.29, 1.82) is 0 Å². The van der Waals surface area contributed by atoms with Gasteiger partial charge in [-0.15, -0.1) is 0 Å². The minimum atomic E-state index is -4.07. The summed E-state index contributed by atoms with van der Waals surface area (Å²) in [6.45, 7) is 4.41. The van der Waals surface area contributed by atoms with E-state index in [4.69, 9.17) is 23.2 Å². The van der Waals surface area contributed by atoms with Gasteiger partial charge in [-0.1, -0.05) is 30.1 Å². The molecule has 0 bridgehead atoms. The Kier molecular flexibility index (Phi) is 6.85. The average Bonchev–Trinajstić information content (AvgIpc) is 2.89. The van der Waals surface area contributed by atoms with Crippen molar-refractivity contribution in [3.63, 3.8) is 0 Å². The summed E-state index contributed by atoms with van der Waals surface area (Å²) in [5.41, 5.74) is 0.829. The predicted octanol–water partition coefficient (Wildman–Crippen LogP) is 1.92. The molecule has 1 aliphatic heterocycles. The lowest BCUT2D eigenvalue weighted by atomic mass is 10.2. The van der Waals surface area contributed by atoms with Crippen molar-refractivity contribution in [3.8, 4) is 0 Å². The first-order chi connectivity index (χ1) is 12.4. The Labute approximate surface area is 170 Å². The first kappa shape index (κ1) is 22.4. The van der Waals surface area contributed by atoms with Crippen LogP contribution in [0.2, 0.25) is 10.0 Å². The molecule has 2 rings (SSSR count). The smallest absolute Gasteiger partial charge is 0.245 e. The topological polar surface area (TPSA) is 101 Å². The van der Waals surface area contributed by atoms with Gasteiger partial charge in [-0.2, -0.15) is 4.31 Å². The number of benzene rings is 1. The molecule has 1 N–H and O–H groups in total. The van der Waals surface area contributed by atoms with Gasteiger partial charge in [0.15, 0.2) is 9.84 Å². The molecule has 1 aromatic rings. The minimum absolute atomic E-state index is 0.0182. The molecule has 1 heterocycles. The van der Waals surface area contributed by atoms with Gasteiger partial charge >= 0.3 is 0 Å². The summed E-state index contributed by atoms with van der Waals surface area (Å²) < 4.78 is 50.2. The molecule has 0 radical (unpaired) electrons. The number of hydrogen-bond donors (Lipinski definition) is 1. The Bertz CT molecular complexity index is 935. The van der Waals surface area contributed by atoms with Crippen molar-refractivity contribution in [2.45, 2.75) is 38.1 Å². The molecule has 11 heteroatoms. The number of halogens is 2. The molecule has 1 aliphatic rings. The van der Waals surface area contributed by atoms with Crippen molar-refractivity contribution < 1.29 is 21.6 Å². The third-order valence-electron chi connectivity index (χ3n) is 4.46. The van der Waals surface area contributed by atoms with Gasteiger partial charge in [-0.3, -0.25) is 4.79 Å². The van der Waals surface area contributed by atoms with Gasteiger partial charge in [0.25, 0.3) is 0 Å². The lowest BCUT2D eigenvalue weighted by Gasteiger charge is -2.23. The summed E-state index contributed by atoms with van der Waals surface area (Å²) in [4.78, 5) is 12.2. The van der Waals surface area contributed by atoms with E-state index in [1.165, 1.54) is 0 Å². The second kappa shape index (κ2) is 8.24. The molecular formula is C16H22Cl2N2O5S2. The Hall–Kier alpha value is -0.870. The van der Waals surface area contributed by atoms with Crippen LogP contribution in [0.3, 0.4) is 0 Å². The minimum Gasteiger partial charge on any atom is -0.351 e. The van der Waals surface area contributed by atoms with Crippen molar-refractivity contribution in [2.24, 2.45) is 0 Å². The molecule has 0 saturated carbocycles. The van der Waals surface area contributed by atoms with Gasteiger partial charge in [0.2, 0.25) is 15.9 Å². The third kappa shape index (κ3) is 4.95. The Balaban J connectivity index is 2.25. The Morgan fingerprint density at radius 1 is 1.33 bits per heavy atom. The van der Waals surface area contributed by atoms with Crippen LogP contribution in [-0.4, -0.2) is 57.7 Å². The number of carbonyl (C=O) groups excluding carboxylic acids is 1. The number of sulfone groups is 1. The van der Waals surface area contributed by atoms with E-state index in [1.54, 1.807) is 26.8 Å². The third-order valence-corrected chi connectivity index (χ3v) is 9.31. The number of carbonyl (C=O) groups is 1. The highest BCUT2D eigenvalue weighted by atomic mass is 35.5. The molecule has 7 nitrogen and oxygen atoms in total. The van der Waals surface area contributed by atoms with E-state index in [-0.39, 0.29) is 33.0 Å². The fraction of sp³-hybridized carbons (Fsp3) is 0.562. The summed E-state index contributed by atoms with van der Waals surface area (Å²) >= 11 is 12.3. The van der Waals surface area contributed by atoms with Gasteiger partial charge in [0.1, 0.15) is 4.90 Å². The molecule has 1 fully saturated rings. The number of nitrogens with zero attached hydrogens (tertiary/aromatic N) is 1. The summed E-state index contributed by atoms with van der Waals surface area (Å²) in [5.74, 6) is -0.671. The Morgan fingerprint density at radius 2 is 1.96 bits per heavy atom. The molecule has 152 valence electrons. The van der Waals surface area contributed by atoms with E-state index in [0.29, 0.717) is 17.5 Å². The van der Waals surface area contributed by atoms with Crippen molar-refractivity contribution >= 4 is 49.0 Å². The van der Waals surface area contributed by atoms with Crippen molar-refractivity contribution in [3.05, 3.63) is 27.2 Å². The molecular weight excluding hydrogens is 435 g/mol. The normalized spacial score (nSPS) is 19.4. The first-order valence-electron chi connectivity index (χ1n) is 8.34. The molecule has 1 amide bonds. The quantitative estimate of drug-likeness (QED) is 0.704. The van der Waals surface area contributed by atoms with E-state index in [0.717, 1.165) is 4.31 Å². The molecule has 1 aromatic carbocycles. The monoisotopic (exact) mass is 456 g/mol. The second-order valence-electron chi connectivity index (χ2n) is 6.54. The molecule has 1 atom stereocenters. The largest absolute Gasteiger partial charge is 0.351 e. The van der Waals surface area contributed by atoms with Gasteiger partial charge in [0.05, 0.1) is 23.1 Å². The maximum absolute atomic E-state index is 13.1. The van der Waals surface area contributed by atoms with Gasteiger partial charge in [-0.05, 0) is 37.5 Å². The van der Waals surface area contributed by atoms with Crippen LogP contribution < -0.4 is 5.32 Å². The highest BCUT2D eigenvalue weighted by Gasteiger charge is 2.33. The number of amides is 1. The van der Waals surface area contributed by atoms with Crippen LogP contribution in [0.5, 0.6) is 0 Å². The molecule has 1 saturated heterocycles. The first-order valence-corrected chi connectivity index (χ1v) is 12.4. The predicted molar refractivity (Wildman–Crippen MR) is 106 cm³/mol. The van der Waals surface area contributed by atoms with Gasteiger partial charge in [-0.25, -0.2) is 16.8 Å². The van der Waals surface area contributed by atoms with E-state index in [2.05, 4.69) is 5.32 Å². The van der Waals surface area contributed by atoms with E-state index >= 15 is 0 Å². The maximum Gasteiger partial charge on any atom is 0.245 e. The van der Waals surface area contributed by atoms with Gasteiger partial charge in [0, 0.05) is 17.6 Å². The van der Waals surface area contributed by atoms with E-state index in [9.17, 15) is 21.6 Å². The number of likely N-dealkylation sites (N-methyl/N-ethyl adjacent to an activating group) is 1. The number of aryl methyl sites for hydroxylation is 1. The number of sulfonamides is 1. The molecule has 1 unspecified atom stereocenters. The van der Waals surface area contributed by atoms with Crippen LogP contribution in [0.4, 0.5) is 0 Å². The van der Waals surface area contributed by atoms with Crippen LogP contribution in [0, 0.1) is 13.8 Å². The maximum atomic E-state index is 13.1.